The first kappa shape index (κ1) is 18.2. The summed E-state index contributed by atoms with van der Waals surface area (Å²) in [5, 5.41) is 9.27. The number of ether oxygens (including phenoxy) is 1. The summed E-state index contributed by atoms with van der Waals surface area (Å²) in [4.78, 5) is 11.9. The zero-order chi connectivity index (χ0) is 15.1. The summed E-state index contributed by atoms with van der Waals surface area (Å²) in [7, 11) is 0. The summed E-state index contributed by atoms with van der Waals surface area (Å²) in [6.07, 6.45) is 3.84. The van der Waals surface area contributed by atoms with Gasteiger partial charge < -0.3 is 9.84 Å². The normalized spacial score (nSPS) is 18.6. The van der Waals surface area contributed by atoms with Gasteiger partial charge in [0.1, 0.15) is 0 Å². The smallest absolute Gasteiger partial charge is 0.333 e. The number of rotatable bonds is 8. The van der Waals surface area contributed by atoms with Crippen LogP contribution in [0.4, 0.5) is 0 Å². The molecule has 0 fully saturated rings. The van der Waals surface area contributed by atoms with Crippen molar-refractivity contribution in [1.29, 1.82) is 0 Å². The second-order valence-corrected chi connectivity index (χ2v) is 5.90. The number of carbonyl (C=O) groups is 1. The van der Waals surface area contributed by atoms with Gasteiger partial charge in [-0.05, 0) is 25.2 Å². The first-order valence-electron chi connectivity index (χ1n) is 7.27. The van der Waals surface area contributed by atoms with E-state index in [0.29, 0.717) is 18.1 Å². The Bertz CT molecular complexity index is 309. The Labute approximate surface area is 118 Å². The lowest BCUT2D eigenvalue weighted by atomic mass is 9.77. The van der Waals surface area contributed by atoms with Crippen molar-refractivity contribution >= 4 is 5.97 Å². The van der Waals surface area contributed by atoms with Crippen LogP contribution in [0.1, 0.15) is 54.4 Å². The minimum absolute atomic E-state index is 0.115. The molecule has 0 aromatic carbocycles. The van der Waals surface area contributed by atoms with Crippen molar-refractivity contribution in [3.8, 4) is 0 Å². The molecule has 3 heteroatoms. The van der Waals surface area contributed by atoms with Gasteiger partial charge in [-0.25, -0.2) is 4.79 Å². The highest BCUT2D eigenvalue weighted by Gasteiger charge is 2.30. The summed E-state index contributed by atoms with van der Waals surface area (Å²) in [5.41, 5.74) is 0.505. The van der Waals surface area contributed by atoms with E-state index in [-0.39, 0.29) is 23.9 Å². The van der Waals surface area contributed by atoms with E-state index in [1.165, 1.54) is 0 Å². The van der Waals surface area contributed by atoms with Gasteiger partial charge in [0.15, 0.2) is 0 Å². The lowest BCUT2D eigenvalue weighted by molar-refractivity contribution is -0.144. The average molecular weight is 270 g/mol. The van der Waals surface area contributed by atoms with E-state index in [4.69, 9.17) is 4.74 Å². The van der Waals surface area contributed by atoms with E-state index >= 15 is 0 Å². The molecule has 0 aliphatic rings. The predicted molar refractivity (Wildman–Crippen MR) is 78.8 cm³/mol. The Morgan fingerprint density at radius 1 is 1.37 bits per heavy atom. The number of aliphatic hydroxyl groups is 1. The maximum absolute atomic E-state index is 11.9. The average Bonchev–Trinajstić information content (AvgIpc) is 2.42. The fraction of sp³-hybridized carbons (Fsp3) is 0.812. The summed E-state index contributed by atoms with van der Waals surface area (Å²) in [6.45, 7) is 12.5. The van der Waals surface area contributed by atoms with Gasteiger partial charge in [-0.15, -0.1) is 0 Å². The monoisotopic (exact) mass is 270 g/mol. The third kappa shape index (κ3) is 5.77. The molecule has 0 aromatic heterocycles. The van der Waals surface area contributed by atoms with Crippen molar-refractivity contribution in [2.24, 2.45) is 17.3 Å². The fourth-order valence-corrected chi connectivity index (χ4v) is 1.77. The van der Waals surface area contributed by atoms with Crippen LogP contribution in [0.3, 0.4) is 0 Å². The van der Waals surface area contributed by atoms with Gasteiger partial charge in [-0.3, -0.25) is 0 Å². The zero-order valence-electron chi connectivity index (χ0n) is 13.3. The third-order valence-corrected chi connectivity index (χ3v) is 4.30. The standard InChI is InChI=1S/C16H30O3/c1-7-12(3)9-13(4)15(18)19-11-16(6,8-2)14(5)10-17/h9,12,14,17H,7-8,10-11H2,1-6H3. The summed E-state index contributed by atoms with van der Waals surface area (Å²) < 4.78 is 5.41. The van der Waals surface area contributed by atoms with Gasteiger partial charge in [-0.1, -0.05) is 47.1 Å². The minimum atomic E-state index is -0.245. The highest BCUT2D eigenvalue weighted by Crippen LogP contribution is 2.31. The molecule has 0 saturated heterocycles. The molecule has 3 unspecified atom stereocenters. The second kappa shape index (κ2) is 8.36. The van der Waals surface area contributed by atoms with Crippen molar-refractivity contribution in [3.05, 3.63) is 11.6 Å². The van der Waals surface area contributed by atoms with Crippen LogP contribution in [0.15, 0.2) is 11.6 Å². The van der Waals surface area contributed by atoms with Crippen molar-refractivity contribution in [1.82, 2.24) is 0 Å². The molecule has 3 atom stereocenters. The van der Waals surface area contributed by atoms with Crippen LogP contribution < -0.4 is 0 Å². The highest BCUT2D eigenvalue weighted by molar-refractivity contribution is 5.87. The first-order valence-corrected chi connectivity index (χ1v) is 7.27. The fourth-order valence-electron chi connectivity index (χ4n) is 1.77. The quantitative estimate of drug-likeness (QED) is 0.542. The molecule has 19 heavy (non-hydrogen) atoms. The molecule has 0 aromatic rings. The SMILES string of the molecule is CCC(C)C=C(C)C(=O)OCC(C)(CC)C(C)CO. The maximum atomic E-state index is 11.9. The van der Waals surface area contributed by atoms with Crippen molar-refractivity contribution < 1.29 is 14.6 Å². The lowest BCUT2D eigenvalue weighted by Crippen LogP contribution is -2.33. The summed E-state index contributed by atoms with van der Waals surface area (Å²) >= 11 is 0. The van der Waals surface area contributed by atoms with Gasteiger partial charge in [0, 0.05) is 17.6 Å². The number of aliphatic hydroxyl groups excluding tert-OH is 1. The molecule has 0 spiro atoms. The van der Waals surface area contributed by atoms with Gasteiger partial charge in [-0.2, -0.15) is 0 Å². The Morgan fingerprint density at radius 2 is 1.95 bits per heavy atom. The largest absolute Gasteiger partial charge is 0.462 e. The molecule has 0 aliphatic heterocycles. The van der Waals surface area contributed by atoms with Crippen LogP contribution >= 0.6 is 0 Å². The van der Waals surface area contributed by atoms with Crippen LogP contribution in [0, 0.1) is 17.3 Å². The molecular weight excluding hydrogens is 240 g/mol. The molecule has 112 valence electrons. The number of carbonyl (C=O) groups excluding carboxylic acids is 1. The van der Waals surface area contributed by atoms with E-state index in [0.717, 1.165) is 12.8 Å². The second-order valence-electron chi connectivity index (χ2n) is 5.90. The van der Waals surface area contributed by atoms with Gasteiger partial charge in [0.25, 0.3) is 0 Å². The van der Waals surface area contributed by atoms with Crippen molar-refractivity contribution in [2.45, 2.75) is 54.4 Å². The van der Waals surface area contributed by atoms with E-state index in [1.54, 1.807) is 6.92 Å². The van der Waals surface area contributed by atoms with Crippen LogP contribution in [0.2, 0.25) is 0 Å². The molecule has 0 heterocycles. The Balaban J connectivity index is 4.54. The third-order valence-electron chi connectivity index (χ3n) is 4.30. The Hall–Kier alpha value is -0.830. The molecular formula is C16H30O3. The molecule has 0 bridgehead atoms. The molecule has 3 nitrogen and oxygen atoms in total. The minimum Gasteiger partial charge on any atom is -0.462 e. The number of allylic oxidation sites excluding steroid dienone is 1. The molecule has 0 aliphatic carbocycles. The Morgan fingerprint density at radius 3 is 2.37 bits per heavy atom. The van der Waals surface area contributed by atoms with Crippen LogP contribution in [0.5, 0.6) is 0 Å². The van der Waals surface area contributed by atoms with Crippen LogP contribution in [-0.4, -0.2) is 24.3 Å². The number of hydrogen-bond acceptors (Lipinski definition) is 3. The first-order chi connectivity index (χ1) is 8.80. The van der Waals surface area contributed by atoms with Crippen LogP contribution in [0.25, 0.3) is 0 Å². The highest BCUT2D eigenvalue weighted by atomic mass is 16.5. The van der Waals surface area contributed by atoms with E-state index < -0.39 is 0 Å². The summed E-state index contributed by atoms with van der Waals surface area (Å²) in [6, 6.07) is 0. The van der Waals surface area contributed by atoms with Crippen LogP contribution in [-0.2, 0) is 9.53 Å². The molecule has 0 radical (unpaired) electrons. The van der Waals surface area contributed by atoms with Gasteiger partial charge in [0.2, 0.25) is 0 Å². The molecule has 0 rings (SSSR count). The van der Waals surface area contributed by atoms with Crippen molar-refractivity contribution in [3.63, 3.8) is 0 Å². The molecule has 0 amide bonds. The van der Waals surface area contributed by atoms with E-state index in [1.807, 2.05) is 13.0 Å². The lowest BCUT2D eigenvalue weighted by Gasteiger charge is -2.33. The van der Waals surface area contributed by atoms with E-state index in [9.17, 15) is 9.90 Å². The number of hydrogen-bond donors (Lipinski definition) is 1. The van der Waals surface area contributed by atoms with Gasteiger partial charge in [0.05, 0.1) is 6.61 Å². The maximum Gasteiger partial charge on any atom is 0.333 e. The number of esters is 1. The topological polar surface area (TPSA) is 46.5 Å². The van der Waals surface area contributed by atoms with Gasteiger partial charge >= 0.3 is 5.97 Å². The summed E-state index contributed by atoms with van der Waals surface area (Å²) in [5.74, 6) is 0.260. The Kier molecular flexibility index (Phi) is 8.00. The zero-order valence-corrected chi connectivity index (χ0v) is 13.3. The van der Waals surface area contributed by atoms with Crippen molar-refractivity contribution in [2.75, 3.05) is 13.2 Å². The predicted octanol–water partition coefficient (Wildman–Crippen LogP) is 3.57. The molecule has 1 N–H and O–H groups in total. The molecule has 0 saturated carbocycles. The van der Waals surface area contributed by atoms with E-state index in [2.05, 4.69) is 27.7 Å².